The minimum atomic E-state index is -0.407. The lowest BCUT2D eigenvalue weighted by Gasteiger charge is -2.15. The molecule has 0 saturated carbocycles. The molecule has 0 aliphatic carbocycles. The quantitative estimate of drug-likeness (QED) is 0.794. The van der Waals surface area contributed by atoms with Crippen LogP contribution in [-0.4, -0.2) is 25.0 Å². The lowest BCUT2D eigenvalue weighted by molar-refractivity contribution is 0.0599. The zero-order chi connectivity index (χ0) is 15.4. The van der Waals surface area contributed by atoms with Crippen LogP contribution in [0.25, 0.3) is 0 Å². The second-order valence-corrected chi connectivity index (χ2v) is 4.98. The Kier molecular flexibility index (Phi) is 4.75. The molecule has 0 saturated heterocycles. The van der Waals surface area contributed by atoms with E-state index >= 15 is 0 Å². The number of hydrogen-bond donors (Lipinski definition) is 0. The number of methoxy groups -OCH3 is 1. The minimum absolute atomic E-state index is 0.247. The molecular formula is C16H18FNO3. The first-order chi connectivity index (χ1) is 9.99. The van der Waals surface area contributed by atoms with E-state index in [2.05, 4.69) is 0 Å². The van der Waals surface area contributed by atoms with Gasteiger partial charge in [0.05, 0.1) is 13.7 Å². The number of benzene rings is 1. The standard InChI is InChI=1S/C16H18FNO3/c1-11-15(16(19)20-3)8-14(21-11)10-18(2)9-12-5-4-6-13(17)7-12/h4-8H,9-10H2,1-3H3. The van der Waals surface area contributed by atoms with Crippen LogP contribution < -0.4 is 0 Å². The van der Waals surface area contributed by atoms with Gasteiger partial charge >= 0.3 is 5.97 Å². The number of carbonyl (C=O) groups is 1. The van der Waals surface area contributed by atoms with Crippen molar-refractivity contribution in [2.45, 2.75) is 20.0 Å². The van der Waals surface area contributed by atoms with Crippen molar-refractivity contribution in [2.24, 2.45) is 0 Å². The lowest BCUT2D eigenvalue weighted by Crippen LogP contribution is -2.16. The summed E-state index contributed by atoms with van der Waals surface area (Å²) in [4.78, 5) is 13.5. The van der Waals surface area contributed by atoms with Crippen molar-refractivity contribution in [3.63, 3.8) is 0 Å². The molecule has 1 aromatic carbocycles. The number of hydrogen-bond acceptors (Lipinski definition) is 4. The van der Waals surface area contributed by atoms with Crippen LogP contribution in [0.4, 0.5) is 4.39 Å². The van der Waals surface area contributed by atoms with Crippen molar-refractivity contribution in [3.05, 3.63) is 58.8 Å². The molecule has 5 heteroatoms. The maximum absolute atomic E-state index is 13.1. The number of nitrogens with zero attached hydrogens (tertiary/aromatic N) is 1. The summed E-state index contributed by atoms with van der Waals surface area (Å²) in [5.74, 6) is 0.556. The summed E-state index contributed by atoms with van der Waals surface area (Å²) in [7, 11) is 3.24. The van der Waals surface area contributed by atoms with Gasteiger partial charge in [0.25, 0.3) is 0 Å². The van der Waals surface area contributed by atoms with E-state index in [0.717, 1.165) is 5.56 Å². The van der Waals surface area contributed by atoms with Crippen LogP contribution in [-0.2, 0) is 17.8 Å². The van der Waals surface area contributed by atoms with Gasteiger partial charge in [0.15, 0.2) is 0 Å². The van der Waals surface area contributed by atoms with Gasteiger partial charge in [-0.05, 0) is 37.7 Å². The fourth-order valence-corrected chi connectivity index (χ4v) is 2.20. The second-order valence-electron chi connectivity index (χ2n) is 4.98. The van der Waals surface area contributed by atoms with E-state index in [-0.39, 0.29) is 5.82 Å². The highest BCUT2D eigenvalue weighted by molar-refractivity contribution is 5.90. The maximum atomic E-state index is 13.1. The molecule has 0 aliphatic rings. The highest BCUT2D eigenvalue weighted by atomic mass is 19.1. The zero-order valence-electron chi connectivity index (χ0n) is 12.4. The minimum Gasteiger partial charge on any atom is -0.465 e. The fourth-order valence-electron chi connectivity index (χ4n) is 2.20. The predicted molar refractivity (Wildman–Crippen MR) is 76.4 cm³/mol. The van der Waals surface area contributed by atoms with Crippen molar-refractivity contribution in [3.8, 4) is 0 Å². The van der Waals surface area contributed by atoms with Crippen LogP contribution in [0.2, 0.25) is 0 Å². The van der Waals surface area contributed by atoms with Crippen molar-refractivity contribution in [2.75, 3.05) is 14.2 Å². The van der Waals surface area contributed by atoms with Gasteiger partial charge in [-0.1, -0.05) is 12.1 Å². The Hall–Kier alpha value is -2.14. The SMILES string of the molecule is COC(=O)c1cc(CN(C)Cc2cccc(F)c2)oc1C. The Morgan fingerprint density at radius 1 is 1.33 bits per heavy atom. The predicted octanol–water partition coefficient (Wildman–Crippen LogP) is 3.15. The summed E-state index contributed by atoms with van der Waals surface area (Å²) >= 11 is 0. The Bertz CT molecular complexity index is 636. The average molecular weight is 291 g/mol. The van der Waals surface area contributed by atoms with Crippen LogP contribution in [0.3, 0.4) is 0 Å². The number of furan rings is 1. The zero-order valence-corrected chi connectivity index (χ0v) is 12.4. The van der Waals surface area contributed by atoms with Gasteiger partial charge in [-0.25, -0.2) is 9.18 Å². The van der Waals surface area contributed by atoms with Crippen molar-refractivity contribution < 1.29 is 18.3 Å². The maximum Gasteiger partial charge on any atom is 0.341 e. The van der Waals surface area contributed by atoms with E-state index in [0.29, 0.717) is 30.2 Å². The normalized spacial score (nSPS) is 10.9. The van der Waals surface area contributed by atoms with Crippen LogP contribution >= 0.6 is 0 Å². The van der Waals surface area contributed by atoms with E-state index in [1.54, 1.807) is 19.1 Å². The van der Waals surface area contributed by atoms with Crippen molar-refractivity contribution in [1.82, 2.24) is 4.90 Å². The lowest BCUT2D eigenvalue weighted by atomic mass is 10.2. The number of halogens is 1. The average Bonchev–Trinajstić information content (AvgIpc) is 2.78. The Morgan fingerprint density at radius 2 is 2.10 bits per heavy atom. The van der Waals surface area contributed by atoms with E-state index in [9.17, 15) is 9.18 Å². The van der Waals surface area contributed by atoms with Crippen LogP contribution in [0.5, 0.6) is 0 Å². The highest BCUT2D eigenvalue weighted by Gasteiger charge is 2.16. The molecule has 1 aromatic heterocycles. The summed E-state index contributed by atoms with van der Waals surface area (Å²) in [5, 5.41) is 0. The first-order valence-corrected chi connectivity index (χ1v) is 6.60. The first-order valence-electron chi connectivity index (χ1n) is 6.60. The summed E-state index contributed by atoms with van der Waals surface area (Å²) in [6, 6.07) is 8.16. The molecule has 0 bridgehead atoms. The fraction of sp³-hybridized carbons (Fsp3) is 0.312. The molecule has 4 nitrogen and oxygen atoms in total. The molecule has 0 atom stereocenters. The van der Waals surface area contributed by atoms with Crippen LogP contribution in [0, 0.1) is 12.7 Å². The van der Waals surface area contributed by atoms with E-state index < -0.39 is 5.97 Å². The van der Waals surface area contributed by atoms with Gasteiger partial charge in [-0.2, -0.15) is 0 Å². The molecule has 2 aromatic rings. The largest absolute Gasteiger partial charge is 0.465 e. The van der Waals surface area contributed by atoms with Gasteiger partial charge in [0.1, 0.15) is 22.9 Å². The molecule has 112 valence electrons. The monoisotopic (exact) mass is 291 g/mol. The van der Waals surface area contributed by atoms with Crippen LogP contribution in [0.1, 0.15) is 27.4 Å². The third-order valence-electron chi connectivity index (χ3n) is 3.14. The molecule has 0 unspecified atom stereocenters. The molecule has 0 spiro atoms. The van der Waals surface area contributed by atoms with Gasteiger partial charge in [-0.3, -0.25) is 4.90 Å². The smallest absolute Gasteiger partial charge is 0.341 e. The van der Waals surface area contributed by atoms with Gasteiger partial charge in [0.2, 0.25) is 0 Å². The van der Waals surface area contributed by atoms with Crippen molar-refractivity contribution >= 4 is 5.97 Å². The van der Waals surface area contributed by atoms with Gasteiger partial charge < -0.3 is 9.15 Å². The molecule has 21 heavy (non-hydrogen) atoms. The van der Waals surface area contributed by atoms with Crippen LogP contribution in [0.15, 0.2) is 34.7 Å². The molecule has 0 N–H and O–H groups in total. The molecule has 1 heterocycles. The molecule has 0 fully saturated rings. The van der Waals surface area contributed by atoms with E-state index in [4.69, 9.17) is 9.15 Å². The summed E-state index contributed by atoms with van der Waals surface area (Å²) in [6.07, 6.45) is 0. The molecule has 0 amide bonds. The first kappa shape index (κ1) is 15.3. The number of ether oxygens (including phenoxy) is 1. The van der Waals surface area contributed by atoms with Gasteiger partial charge in [0, 0.05) is 6.54 Å². The highest BCUT2D eigenvalue weighted by Crippen LogP contribution is 2.17. The van der Waals surface area contributed by atoms with E-state index in [1.165, 1.54) is 19.2 Å². The Balaban J connectivity index is 2.03. The van der Waals surface area contributed by atoms with Gasteiger partial charge in [-0.15, -0.1) is 0 Å². The number of carbonyl (C=O) groups excluding carboxylic acids is 1. The molecule has 0 aliphatic heterocycles. The molecular weight excluding hydrogens is 273 g/mol. The van der Waals surface area contributed by atoms with Crippen molar-refractivity contribution in [1.29, 1.82) is 0 Å². The number of esters is 1. The second kappa shape index (κ2) is 6.54. The Labute approximate surface area is 123 Å². The summed E-state index contributed by atoms with van der Waals surface area (Å²) in [5.41, 5.74) is 1.32. The summed E-state index contributed by atoms with van der Waals surface area (Å²) < 4.78 is 23.4. The topological polar surface area (TPSA) is 42.7 Å². The third kappa shape index (κ3) is 3.92. The number of rotatable bonds is 5. The number of aryl methyl sites for hydroxylation is 1. The third-order valence-corrected chi connectivity index (χ3v) is 3.14. The van der Waals surface area contributed by atoms with E-state index in [1.807, 2.05) is 18.0 Å². The molecule has 2 rings (SSSR count). The Morgan fingerprint density at radius 3 is 2.76 bits per heavy atom. The summed E-state index contributed by atoms with van der Waals surface area (Å²) in [6.45, 7) is 2.84. The molecule has 0 radical (unpaired) electrons.